The summed E-state index contributed by atoms with van der Waals surface area (Å²) in [5.41, 5.74) is -1.62. The fourth-order valence-electron chi connectivity index (χ4n) is 7.05. The Morgan fingerprint density at radius 1 is 0.925 bits per heavy atom. The van der Waals surface area contributed by atoms with Gasteiger partial charge in [0, 0.05) is 19.5 Å². The van der Waals surface area contributed by atoms with E-state index in [4.69, 9.17) is 6.42 Å². The number of Topliss-reactive ketones (excluding diaryl/α,β-unsaturated/α-hetero) is 1. The molecule has 2 rings (SSSR count). The number of amides is 5. The molecule has 0 spiro atoms. The van der Waals surface area contributed by atoms with Crippen molar-refractivity contribution < 1.29 is 32.4 Å². The molecule has 53 heavy (non-hydrogen) atoms. The average Bonchev–Trinajstić information content (AvgIpc) is 3.08. The summed E-state index contributed by atoms with van der Waals surface area (Å²) in [4.78, 5) is 70.3. The molecular weight excluding hydrogens is 809 g/mol. The summed E-state index contributed by atoms with van der Waals surface area (Å²) in [5, 5.41) is 11.3. The number of hydrogen-bond acceptors (Lipinski definition) is 7. The van der Waals surface area contributed by atoms with Crippen LogP contribution in [0.15, 0.2) is 0 Å². The van der Waals surface area contributed by atoms with Crippen molar-refractivity contribution in [3.63, 3.8) is 0 Å². The summed E-state index contributed by atoms with van der Waals surface area (Å²) in [6, 6.07) is -2.81. The van der Waals surface area contributed by atoms with Gasteiger partial charge in [0.1, 0.15) is 6.04 Å². The second-order valence-electron chi connectivity index (χ2n) is 16.9. The van der Waals surface area contributed by atoms with E-state index >= 15 is 0 Å². The van der Waals surface area contributed by atoms with Gasteiger partial charge < -0.3 is 26.2 Å². The lowest BCUT2D eigenvalue weighted by Crippen LogP contribution is -2.65. The molecule has 5 amide bonds. The molecule has 4 N–H and O–H groups in total. The van der Waals surface area contributed by atoms with Crippen LogP contribution in [0.1, 0.15) is 139 Å². The summed E-state index contributed by atoms with van der Waals surface area (Å²) in [5.74, 6) is -0.302. The SMILES string of the molecule is C#CCCC(NC(=O)[C@H](I)N(C[C@@H](C)C(C)C)C(=O)[C@@H](NC(=O)NC1(CS(=O)(=O)C(C)(C)C)CCCCC1)C1(C)CCCCC1)C(=O)C(=O)NCCC. The normalized spacial score (nSPS) is 19.4. The standard InChI is InChI=1S/C39H66IN5O7S/c1-10-12-19-29(30(46)33(47)41-24-11-2)42-34(48)32(40)45(25-28(5)27(3)4)35(49)31(38(9)20-15-13-16-21-38)43-36(50)44-39(22-17-14-18-23-39)26-53(51,52)37(6,7)8/h1,27-29,31-32H,11-26H2,2-9H3,(H,41,47)(H,42,48)(H2,43,44,50)/t28-,29?,31-,32-/m1/s1. The van der Waals surface area contributed by atoms with Crippen LogP contribution in [0.5, 0.6) is 0 Å². The summed E-state index contributed by atoms with van der Waals surface area (Å²) < 4.78 is 24.8. The fraction of sp³-hybridized carbons (Fsp3) is 0.821. The van der Waals surface area contributed by atoms with Crippen molar-refractivity contribution in [2.75, 3.05) is 18.8 Å². The highest BCUT2D eigenvalue weighted by atomic mass is 127. The molecule has 4 atom stereocenters. The Balaban J connectivity index is 2.51. The van der Waals surface area contributed by atoms with Crippen LogP contribution in [-0.4, -0.2) is 88.1 Å². The van der Waals surface area contributed by atoms with Gasteiger partial charge in [-0.05, 0) is 99.1 Å². The third-order valence-corrected chi connectivity index (χ3v) is 15.2. The van der Waals surface area contributed by atoms with E-state index in [0.717, 1.165) is 38.5 Å². The fourth-order valence-corrected chi connectivity index (χ4v) is 9.25. The van der Waals surface area contributed by atoms with E-state index in [1.165, 1.54) is 4.90 Å². The van der Waals surface area contributed by atoms with Crippen LogP contribution in [-0.2, 0) is 29.0 Å². The van der Waals surface area contributed by atoms with Crippen LogP contribution >= 0.6 is 22.6 Å². The van der Waals surface area contributed by atoms with Crippen LogP contribution in [0.25, 0.3) is 0 Å². The third kappa shape index (κ3) is 13.4. The topological polar surface area (TPSA) is 171 Å². The minimum absolute atomic E-state index is 0.0375. The lowest BCUT2D eigenvalue weighted by atomic mass is 9.70. The molecule has 0 aliphatic heterocycles. The second kappa shape index (κ2) is 20.5. The molecular formula is C39H66IN5O7S. The highest BCUT2D eigenvalue weighted by Gasteiger charge is 2.47. The van der Waals surface area contributed by atoms with Crippen molar-refractivity contribution in [2.45, 2.75) is 165 Å². The lowest BCUT2D eigenvalue weighted by Gasteiger charge is -2.44. The molecule has 0 heterocycles. The molecule has 1 unspecified atom stereocenters. The quantitative estimate of drug-likeness (QED) is 0.0469. The first-order chi connectivity index (χ1) is 24.6. The predicted octanol–water partition coefficient (Wildman–Crippen LogP) is 5.42. The number of sulfone groups is 1. The van der Waals surface area contributed by atoms with Crippen molar-refractivity contribution in [1.82, 2.24) is 26.2 Å². The van der Waals surface area contributed by atoms with Gasteiger partial charge in [0.2, 0.25) is 11.7 Å². The van der Waals surface area contributed by atoms with Crippen LogP contribution in [0.2, 0.25) is 0 Å². The minimum Gasteiger partial charge on any atom is -0.349 e. The number of urea groups is 1. The molecule has 14 heteroatoms. The highest BCUT2D eigenvalue weighted by Crippen LogP contribution is 2.40. The number of alkyl halides is 1. The molecule has 302 valence electrons. The Labute approximate surface area is 332 Å². The number of carbonyl (C=O) groups is 5. The van der Waals surface area contributed by atoms with Gasteiger partial charge in [0.25, 0.3) is 11.8 Å². The Hall–Kier alpha value is -2.41. The molecule has 0 saturated heterocycles. The van der Waals surface area contributed by atoms with Gasteiger partial charge in [-0.3, -0.25) is 19.2 Å². The molecule has 2 fully saturated rings. The van der Waals surface area contributed by atoms with Crippen molar-refractivity contribution in [3.05, 3.63) is 0 Å². The van der Waals surface area contributed by atoms with Crippen LogP contribution in [0.4, 0.5) is 4.79 Å². The summed E-state index contributed by atoms with van der Waals surface area (Å²) in [6.07, 6.45) is 13.9. The first-order valence-corrected chi connectivity index (χ1v) is 22.3. The molecule has 2 aliphatic rings. The molecule has 0 aromatic carbocycles. The van der Waals surface area contributed by atoms with Crippen molar-refractivity contribution in [1.29, 1.82) is 0 Å². The molecule has 2 saturated carbocycles. The van der Waals surface area contributed by atoms with Crippen LogP contribution in [0.3, 0.4) is 0 Å². The lowest BCUT2D eigenvalue weighted by molar-refractivity contribution is -0.143. The maximum atomic E-state index is 15.0. The van der Waals surface area contributed by atoms with E-state index in [2.05, 4.69) is 27.2 Å². The molecule has 12 nitrogen and oxygen atoms in total. The Morgan fingerprint density at radius 2 is 1.49 bits per heavy atom. The van der Waals surface area contributed by atoms with E-state index in [1.807, 2.05) is 57.2 Å². The highest BCUT2D eigenvalue weighted by molar-refractivity contribution is 14.1. The maximum Gasteiger partial charge on any atom is 0.315 e. The van der Waals surface area contributed by atoms with Crippen molar-refractivity contribution in [2.24, 2.45) is 17.3 Å². The number of terminal acetylenes is 1. The van der Waals surface area contributed by atoms with Crippen molar-refractivity contribution in [3.8, 4) is 12.3 Å². The van der Waals surface area contributed by atoms with Gasteiger partial charge in [0.05, 0.1) is 22.1 Å². The largest absolute Gasteiger partial charge is 0.349 e. The molecule has 0 aromatic rings. The van der Waals surface area contributed by atoms with Gasteiger partial charge in [-0.1, -0.05) is 73.1 Å². The Morgan fingerprint density at radius 3 is 2.00 bits per heavy atom. The van der Waals surface area contributed by atoms with Crippen molar-refractivity contribution >= 4 is 62.0 Å². The van der Waals surface area contributed by atoms with E-state index in [1.54, 1.807) is 20.8 Å². The number of ketones is 1. The minimum atomic E-state index is -3.59. The summed E-state index contributed by atoms with van der Waals surface area (Å²) in [7, 11) is -3.59. The van der Waals surface area contributed by atoms with E-state index in [9.17, 15) is 32.4 Å². The molecule has 0 radical (unpaired) electrons. The number of nitrogens with zero attached hydrogens (tertiary/aromatic N) is 1. The third-order valence-electron chi connectivity index (χ3n) is 11.2. The zero-order valence-electron chi connectivity index (χ0n) is 33.4. The number of rotatable bonds is 18. The van der Waals surface area contributed by atoms with Gasteiger partial charge in [0.15, 0.2) is 13.9 Å². The van der Waals surface area contributed by atoms with E-state index < -0.39 is 71.2 Å². The monoisotopic (exact) mass is 875 g/mol. The number of halogens is 1. The second-order valence-corrected chi connectivity index (χ2v) is 20.9. The zero-order valence-corrected chi connectivity index (χ0v) is 36.3. The smallest absolute Gasteiger partial charge is 0.315 e. The summed E-state index contributed by atoms with van der Waals surface area (Å²) in [6.45, 7) is 15.4. The predicted molar refractivity (Wildman–Crippen MR) is 218 cm³/mol. The molecule has 2 aliphatic carbocycles. The Bertz CT molecular complexity index is 1430. The maximum absolute atomic E-state index is 15.0. The average molecular weight is 876 g/mol. The number of nitrogens with one attached hydrogen (secondary N) is 4. The van der Waals surface area contributed by atoms with Gasteiger partial charge in [-0.25, -0.2) is 13.2 Å². The summed E-state index contributed by atoms with van der Waals surface area (Å²) >= 11 is 1.89. The van der Waals surface area contributed by atoms with Gasteiger partial charge in [-0.15, -0.1) is 12.3 Å². The zero-order chi connectivity index (χ0) is 40.2. The molecule has 0 aromatic heterocycles. The number of carbonyl (C=O) groups excluding carboxylic acids is 5. The first kappa shape index (κ1) is 46.7. The first-order valence-electron chi connectivity index (χ1n) is 19.4. The molecule has 0 bridgehead atoms. The van der Waals surface area contributed by atoms with Crippen LogP contribution in [0, 0.1) is 29.6 Å². The number of hydrogen-bond donors (Lipinski definition) is 4. The van der Waals surface area contributed by atoms with E-state index in [0.29, 0.717) is 38.6 Å². The van der Waals surface area contributed by atoms with Gasteiger partial charge in [-0.2, -0.15) is 0 Å². The van der Waals surface area contributed by atoms with Gasteiger partial charge >= 0.3 is 6.03 Å². The van der Waals surface area contributed by atoms with Crippen LogP contribution < -0.4 is 21.3 Å². The Kier molecular flexibility index (Phi) is 18.1. The van der Waals surface area contributed by atoms with E-state index in [-0.39, 0.29) is 37.0 Å².